The highest BCUT2D eigenvalue weighted by Gasteiger charge is 2.15. The fourth-order valence-corrected chi connectivity index (χ4v) is 3.54. The molecule has 26 heavy (non-hydrogen) atoms. The molecule has 1 fully saturated rings. The molecule has 2 aromatic rings. The summed E-state index contributed by atoms with van der Waals surface area (Å²) in [4.78, 5) is 21.3. The van der Waals surface area contributed by atoms with Gasteiger partial charge in [0.25, 0.3) is 5.91 Å². The van der Waals surface area contributed by atoms with Crippen molar-refractivity contribution in [2.45, 2.75) is 64.8 Å². The molecule has 1 aromatic heterocycles. The number of aryl methyl sites for hydroxylation is 2. The zero-order valence-corrected chi connectivity index (χ0v) is 15.7. The van der Waals surface area contributed by atoms with Crippen LogP contribution in [0.5, 0.6) is 0 Å². The number of carbonyl (C=O) groups is 1. The van der Waals surface area contributed by atoms with Gasteiger partial charge >= 0.3 is 0 Å². The molecule has 0 atom stereocenters. The van der Waals surface area contributed by atoms with Crippen LogP contribution in [0.1, 0.15) is 67.4 Å². The third-order valence-electron chi connectivity index (χ3n) is 5.09. The molecule has 2 N–H and O–H groups in total. The van der Waals surface area contributed by atoms with Gasteiger partial charge in [0, 0.05) is 24.1 Å². The van der Waals surface area contributed by atoms with E-state index in [0.29, 0.717) is 17.6 Å². The Balaban J connectivity index is 1.69. The van der Waals surface area contributed by atoms with Crippen LogP contribution in [-0.4, -0.2) is 21.9 Å². The maximum Gasteiger partial charge on any atom is 0.258 e. The lowest BCUT2D eigenvalue weighted by atomic mass is 9.96. The third-order valence-corrected chi connectivity index (χ3v) is 5.09. The normalized spacial score (nSPS) is 14.8. The van der Waals surface area contributed by atoms with Crippen molar-refractivity contribution in [2.75, 3.05) is 10.6 Å². The number of benzene rings is 1. The van der Waals surface area contributed by atoms with Crippen molar-refractivity contribution in [1.82, 2.24) is 9.97 Å². The van der Waals surface area contributed by atoms with Crippen LogP contribution in [0, 0.1) is 0 Å². The molecular weight excluding hydrogens is 324 g/mol. The van der Waals surface area contributed by atoms with Gasteiger partial charge in [0.1, 0.15) is 0 Å². The van der Waals surface area contributed by atoms with E-state index in [9.17, 15) is 4.79 Å². The first-order valence-electron chi connectivity index (χ1n) is 9.72. The Kier molecular flexibility index (Phi) is 6.21. The molecular formula is C21H28N4O. The number of amides is 1. The van der Waals surface area contributed by atoms with Crippen LogP contribution in [0.3, 0.4) is 0 Å². The van der Waals surface area contributed by atoms with E-state index >= 15 is 0 Å². The molecule has 1 aliphatic carbocycles. The first kappa shape index (κ1) is 18.4. The van der Waals surface area contributed by atoms with Crippen molar-refractivity contribution in [3.63, 3.8) is 0 Å². The largest absolute Gasteiger partial charge is 0.351 e. The number of nitrogens with zero attached hydrogens (tertiary/aromatic N) is 2. The van der Waals surface area contributed by atoms with Crippen molar-refractivity contribution in [2.24, 2.45) is 0 Å². The summed E-state index contributed by atoms with van der Waals surface area (Å²) in [5.41, 5.74) is 3.70. The van der Waals surface area contributed by atoms with Gasteiger partial charge in [-0.05, 0) is 36.8 Å². The highest BCUT2D eigenvalue weighted by atomic mass is 16.1. The van der Waals surface area contributed by atoms with Gasteiger partial charge in [-0.1, -0.05) is 51.3 Å². The Morgan fingerprint density at radius 2 is 1.65 bits per heavy atom. The van der Waals surface area contributed by atoms with Crippen molar-refractivity contribution in [1.29, 1.82) is 0 Å². The van der Waals surface area contributed by atoms with Crippen molar-refractivity contribution in [3.05, 3.63) is 47.3 Å². The quantitative estimate of drug-likeness (QED) is 0.797. The Labute approximate surface area is 155 Å². The minimum Gasteiger partial charge on any atom is -0.351 e. The fourth-order valence-electron chi connectivity index (χ4n) is 3.54. The average Bonchev–Trinajstić information content (AvgIpc) is 2.69. The van der Waals surface area contributed by atoms with Crippen LogP contribution in [0.25, 0.3) is 0 Å². The average molecular weight is 352 g/mol. The van der Waals surface area contributed by atoms with E-state index in [1.54, 1.807) is 12.4 Å². The lowest BCUT2D eigenvalue weighted by Crippen LogP contribution is -2.23. The van der Waals surface area contributed by atoms with Gasteiger partial charge in [-0.15, -0.1) is 0 Å². The zero-order chi connectivity index (χ0) is 18.4. The maximum absolute atomic E-state index is 12.6. The number of rotatable bonds is 6. The van der Waals surface area contributed by atoms with Gasteiger partial charge in [0.05, 0.1) is 5.56 Å². The second-order valence-electron chi connectivity index (χ2n) is 6.89. The van der Waals surface area contributed by atoms with Gasteiger partial charge < -0.3 is 10.6 Å². The van der Waals surface area contributed by atoms with Gasteiger partial charge in [-0.3, -0.25) is 4.79 Å². The first-order valence-corrected chi connectivity index (χ1v) is 9.72. The second kappa shape index (κ2) is 8.79. The highest BCUT2D eigenvalue weighted by molar-refractivity contribution is 6.04. The van der Waals surface area contributed by atoms with E-state index in [2.05, 4.69) is 46.6 Å². The van der Waals surface area contributed by atoms with Crippen LogP contribution >= 0.6 is 0 Å². The molecule has 1 heterocycles. The van der Waals surface area contributed by atoms with Crippen LogP contribution in [-0.2, 0) is 12.8 Å². The lowest BCUT2D eigenvalue weighted by Gasteiger charge is -2.22. The summed E-state index contributed by atoms with van der Waals surface area (Å²) in [6.07, 6.45) is 11.1. The molecule has 1 amide bonds. The van der Waals surface area contributed by atoms with Gasteiger partial charge in [-0.2, -0.15) is 0 Å². The van der Waals surface area contributed by atoms with E-state index < -0.39 is 0 Å². The molecule has 1 saturated carbocycles. The predicted octanol–water partition coefficient (Wildman–Crippen LogP) is 4.60. The highest BCUT2D eigenvalue weighted by Crippen LogP contribution is 2.23. The van der Waals surface area contributed by atoms with Crippen LogP contribution < -0.4 is 10.6 Å². The van der Waals surface area contributed by atoms with E-state index in [1.165, 1.54) is 32.1 Å². The predicted molar refractivity (Wildman–Crippen MR) is 106 cm³/mol. The number of nitrogens with one attached hydrogen (secondary N) is 2. The molecule has 0 saturated heterocycles. The van der Waals surface area contributed by atoms with Crippen molar-refractivity contribution >= 4 is 17.5 Å². The molecule has 138 valence electrons. The first-order chi connectivity index (χ1) is 12.7. The number of hydrogen-bond acceptors (Lipinski definition) is 4. The molecule has 0 bridgehead atoms. The molecule has 0 aliphatic heterocycles. The van der Waals surface area contributed by atoms with Crippen molar-refractivity contribution < 1.29 is 4.79 Å². The summed E-state index contributed by atoms with van der Waals surface area (Å²) in [7, 11) is 0. The van der Waals surface area contributed by atoms with Crippen molar-refractivity contribution in [3.8, 4) is 0 Å². The summed E-state index contributed by atoms with van der Waals surface area (Å²) in [5, 5.41) is 6.44. The smallest absolute Gasteiger partial charge is 0.258 e. The Hall–Kier alpha value is -2.43. The molecule has 1 aromatic carbocycles. The van der Waals surface area contributed by atoms with E-state index in [-0.39, 0.29) is 5.91 Å². The monoisotopic (exact) mass is 352 g/mol. The Morgan fingerprint density at radius 1 is 1.04 bits per heavy atom. The molecule has 5 nitrogen and oxygen atoms in total. The summed E-state index contributed by atoms with van der Waals surface area (Å²) < 4.78 is 0. The minimum absolute atomic E-state index is 0.162. The maximum atomic E-state index is 12.6. The summed E-state index contributed by atoms with van der Waals surface area (Å²) in [6, 6.07) is 6.61. The molecule has 0 radical (unpaired) electrons. The number of hydrogen-bond donors (Lipinski definition) is 2. The number of para-hydroxylation sites is 1. The third kappa shape index (κ3) is 4.40. The number of anilines is 2. The van der Waals surface area contributed by atoms with Crippen LogP contribution in [0.4, 0.5) is 11.6 Å². The summed E-state index contributed by atoms with van der Waals surface area (Å²) in [6.45, 7) is 4.19. The molecule has 1 aliphatic rings. The SMILES string of the molecule is CCc1cccc(CC)c1NC(=O)c1cnc(NC2CCCCC2)nc1. The van der Waals surface area contributed by atoms with Gasteiger partial charge in [-0.25, -0.2) is 9.97 Å². The van der Waals surface area contributed by atoms with Gasteiger partial charge in [0.2, 0.25) is 5.95 Å². The fraction of sp³-hybridized carbons (Fsp3) is 0.476. The lowest BCUT2D eigenvalue weighted by molar-refractivity contribution is 0.102. The van der Waals surface area contributed by atoms with Crippen LogP contribution in [0.15, 0.2) is 30.6 Å². The van der Waals surface area contributed by atoms with Gasteiger partial charge in [0.15, 0.2) is 0 Å². The molecule has 0 unspecified atom stereocenters. The van der Waals surface area contributed by atoms with E-state index in [4.69, 9.17) is 0 Å². The Bertz CT molecular complexity index is 714. The summed E-state index contributed by atoms with van der Waals surface area (Å²) in [5.74, 6) is 0.446. The number of carbonyl (C=O) groups excluding carboxylic acids is 1. The zero-order valence-electron chi connectivity index (χ0n) is 15.7. The molecule has 0 spiro atoms. The standard InChI is InChI=1S/C21H28N4O/c1-3-15-9-8-10-16(4-2)19(15)25-20(26)17-13-22-21(23-14-17)24-18-11-6-5-7-12-18/h8-10,13-14,18H,3-7,11-12H2,1-2H3,(H,25,26)(H,22,23,24). The van der Waals surface area contributed by atoms with E-state index in [1.807, 2.05) is 6.07 Å². The van der Waals surface area contributed by atoms with Crippen LogP contribution in [0.2, 0.25) is 0 Å². The topological polar surface area (TPSA) is 66.9 Å². The molecule has 5 heteroatoms. The number of aromatic nitrogens is 2. The molecule has 3 rings (SSSR count). The summed E-state index contributed by atoms with van der Waals surface area (Å²) >= 11 is 0. The second-order valence-corrected chi connectivity index (χ2v) is 6.89. The van der Waals surface area contributed by atoms with E-state index in [0.717, 1.165) is 29.7 Å². The Morgan fingerprint density at radius 3 is 2.23 bits per heavy atom. The minimum atomic E-state index is -0.162.